The van der Waals surface area contributed by atoms with E-state index in [9.17, 15) is 0 Å². The summed E-state index contributed by atoms with van der Waals surface area (Å²) in [6.45, 7) is 0. The molecule has 45 heavy (non-hydrogen) atoms. The van der Waals surface area contributed by atoms with Crippen LogP contribution in [-0.2, 0) is 0 Å². The van der Waals surface area contributed by atoms with Crippen molar-refractivity contribution in [3.05, 3.63) is 0 Å². The maximum atomic E-state index is 1.81. The molecule has 30 rings (SSSR count). The third-order valence-electron chi connectivity index (χ3n) is 37.1. The summed E-state index contributed by atoms with van der Waals surface area (Å²) >= 11 is 0. The lowest BCUT2D eigenvalue weighted by Gasteiger charge is -3.56. The van der Waals surface area contributed by atoms with Gasteiger partial charge in [-0.1, -0.05) is 0 Å². The van der Waals surface area contributed by atoms with Gasteiger partial charge in [0.25, 0.3) is 0 Å². The number of fused-ring (bicyclic) bond motifs is 18. The van der Waals surface area contributed by atoms with Crippen LogP contribution in [0.3, 0.4) is 0 Å². The van der Waals surface area contributed by atoms with Gasteiger partial charge < -0.3 is 0 Å². The average molecular weight is 573 g/mol. The van der Waals surface area contributed by atoms with Gasteiger partial charge in [0, 0.05) is 0 Å². The maximum absolute atomic E-state index is 1.81. The van der Waals surface area contributed by atoms with Crippen molar-refractivity contribution < 1.29 is 0 Å². The highest BCUT2D eigenvalue weighted by molar-refractivity contribution is 6.01. The van der Waals surface area contributed by atoms with Crippen LogP contribution in [0.1, 0.15) is 32.1 Å². The first-order valence-corrected chi connectivity index (χ1v) is 22.4. The molecule has 212 valence electrons. The van der Waals surface area contributed by atoms with Gasteiger partial charge in [0.05, 0.1) is 0 Å². The molecule has 40 unspecified atom stereocenters. The minimum absolute atomic E-state index is 1.07. The number of hydrogen-bond donors (Lipinski definition) is 0. The molecule has 0 aromatic rings. The normalized spacial score (nSPS) is 132. The van der Waals surface area contributed by atoms with Crippen LogP contribution >= 0.6 is 0 Å². The minimum Gasteiger partial charge on any atom is -0.0493 e. The van der Waals surface area contributed by atoms with E-state index >= 15 is 0 Å². The van der Waals surface area contributed by atoms with Crippen LogP contribution in [0, 0.1) is 228 Å². The van der Waals surface area contributed by atoms with Gasteiger partial charge in [-0.2, -0.15) is 0 Å². The summed E-state index contributed by atoms with van der Waals surface area (Å²) < 4.78 is 0. The van der Waals surface area contributed by atoms with Crippen LogP contribution in [0.15, 0.2) is 0 Å². The molecular formula is C45H32. The summed E-state index contributed by atoms with van der Waals surface area (Å²) in [4.78, 5) is 0. The lowest BCUT2D eigenvalue weighted by atomic mass is 8.47. The Labute approximate surface area is 259 Å². The Balaban J connectivity index is 0.831. The first-order valence-electron chi connectivity index (χ1n) is 22.4. The van der Waals surface area contributed by atoms with Crippen molar-refractivity contribution in [1.82, 2.24) is 0 Å². The molecule has 30 aliphatic rings. The van der Waals surface area contributed by atoms with E-state index in [0.29, 0.717) is 0 Å². The van der Waals surface area contributed by atoms with Gasteiger partial charge in [-0.25, -0.2) is 0 Å². The van der Waals surface area contributed by atoms with Crippen molar-refractivity contribution in [2.24, 2.45) is 228 Å². The second-order valence-electron chi connectivity index (χ2n) is 28.3. The lowest BCUT2D eigenvalue weighted by Crippen LogP contribution is -3.54. The zero-order valence-electron chi connectivity index (χ0n) is 25.2. The van der Waals surface area contributed by atoms with Crippen LogP contribution in [0.5, 0.6) is 0 Å². The smallest absolute Gasteiger partial charge is 0.00502 e. The monoisotopic (exact) mass is 572 g/mol. The fourth-order valence-corrected chi connectivity index (χ4v) is 46.1. The van der Waals surface area contributed by atoms with E-state index in [2.05, 4.69) is 0 Å². The minimum atomic E-state index is 1.07. The molecule has 0 heterocycles. The van der Waals surface area contributed by atoms with Crippen molar-refractivity contribution in [2.45, 2.75) is 32.1 Å². The summed E-state index contributed by atoms with van der Waals surface area (Å²) in [7, 11) is 0. The molecule has 30 fully saturated rings. The van der Waals surface area contributed by atoms with Crippen LogP contribution < -0.4 is 0 Å². The standard InChI is InChI=1S/C45H32/c1-2-7-14-18-22-26-23-20-16-12-4-9-10-5-13-17-21-25-27-24-19-15-11-3-8-6(1)28(7)29(8,11)33(15)32(14,28)36(18)37(19,33)41(24)40(22,36)44(26)42(23)38(20)34(16)30(9,12)31(10,13)35(17,34)39(21,38)43(25,42)45(27,41)44/h6-27H,1-5H2. The maximum Gasteiger partial charge on any atom is -0.00502 e. The summed E-state index contributed by atoms with van der Waals surface area (Å²) in [6, 6.07) is 0. The van der Waals surface area contributed by atoms with Gasteiger partial charge in [-0.05, 0) is 260 Å². The molecule has 0 radical (unpaired) electrons. The molecule has 0 aromatic heterocycles. The molecule has 0 amide bonds. The van der Waals surface area contributed by atoms with Gasteiger partial charge in [0.1, 0.15) is 0 Å². The highest BCUT2D eigenvalue weighted by atomic mass is 15.6. The van der Waals surface area contributed by atoms with Crippen LogP contribution in [0.4, 0.5) is 0 Å². The third kappa shape index (κ3) is 0.390. The molecule has 0 bridgehead atoms. The molecule has 0 aromatic carbocycles. The van der Waals surface area contributed by atoms with Crippen LogP contribution in [0.25, 0.3) is 0 Å². The molecule has 40 atom stereocenters. The largest absolute Gasteiger partial charge is 0.0493 e. The molecular weight excluding hydrogens is 540 g/mol. The fraction of sp³-hybridized carbons (Fsp3) is 1.00. The van der Waals surface area contributed by atoms with E-state index in [1.165, 1.54) is 130 Å². The Bertz CT molecular complexity index is 2680. The van der Waals surface area contributed by atoms with Crippen molar-refractivity contribution in [3.8, 4) is 0 Å². The summed E-state index contributed by atoms with van der Waals surface area (Å²) in [5.74, 6) is 30.4. The predicted octanol–water partition coefficient (Wildman–Crippen LogP) is 4.66. The van der Waals surface area contributed by atoms with Gasteiger partial charge in [-0.3, -0.25) is 0 Å². The molecule has 30 aliphatic carbocycles. The lowest BCUT2D eigenvalue weighted by molar-refractivity contribution is -1.11. The second kappa shape index (κ2) is 2.54. The zero-order valence-corrected chi connectivity index (χ0v) is 25.2. The number of rotatable bonds is 0. The molecule has 0 nitrogen and oxygen atoms in total. The fourth-order valence-electron chi connectivity index (χ4n) is 46.1. The summed E-state index contributed by atoms with van der Waals surface area (Å²) in [6.07, 6.45) is 8.96. The zero-order chi connectivity index (χ0) is 25.2. The topological polar surface area (TPSA) is 0 Å². The van der Waals surface area contributed by atoms with Crippen molar-refractivity contribution in [2.75, 3.05) is 0 Å². The second-order valence-corrected chi connectivity index (χ2v) is 28.3. The number of hydrogen-bond acceptors (Lipinski definition) is 0. The van der Waals surface area contributed by atoms with E-state index in [0.717, 1.165) is 97.5 Å². The summed E-state index contributed by atoms with van der Waals surface area (Å²) in [5, 5.41) is 0. The molecule has 0 aliphatic heterocycles. The van der Waals surface area contributed by atoms with E-state index in [1.54, 1.807) is 32.1 Å². The van der Waals surface area contributed by atoms with Crippen molar-refractivity contribution in [1.29, 1.82) is 0 Å². The van der Waals surface area contributed by atoms with Gasteiger partial charge in [0.2, 0.25) is 0 Å². The Morgan fingerprint density at radius 3 is 0.822 bits per heavy atom. The van der Waals surface area contributed by atoms with E-state index in [4.69, 9.17) is 0 Å². The Hall–Kier alpha value is 0. The van der Waals surface area contributed by atoms with E-state index < -0.39 is 0 Å². The Morgan fingerprint density at radius 2 is 0.444 bits per heavy atom. The van der Waals surface area contributed by atoms with E-state index in [-0.39, 0.29) is 0 Å². The first kappa shape index (κ1) is 15.9. The Morgan fingerprint density at radius 1 is 0.200 bits per heavy atom. The highest BCUT2D eigenvalue weighted by Crippen LogP contribution is 3.58. The van der Waals surface area contributed by atoms with Gasteiger partial charge in [-0.15, -0.1) is 0 Å². The SMILES string of the molecule is C1CC2C3C4C5C6C7C8C9C%10CC%11C%12CC%13C%14C%15C%16C%17C%18C%19C%20C%21CC%22C1C21C%22%21C%202C31C41C%192C%182C51C61C73C84C95C%11%10C%12%13C%145C%154C%163C%1721. The van der Waals surface area contributed by atoms with Gasteiger partial charge >= 0.3 is 0 Å². The molecule has 30 saturated carbocycles. The predicted molar refractivity (Wildman–Crippen MR) is 144 cm³/mol. The molecule has 0 saturated heterocycles. The van der Waals surface area contributed by atoms with Gasteiger partial charge in [0.15, 0.2) is 0 Å². The third-order valence-corrected chi connectivity index (χ3v) is 37.1. The summed E-state index contributed by atoms with van der Waals surface area (Å²) in [5.41, 5.74) is 20.0. The molecule has 0 N–H and O–H groups in total. The molecule has 0 heteroatoms. The highest BCUT2D eigenvalue weighted by Gasteiger charge is 3.57. The molecule has 18 spiro atoms. The van der Waals surface area contributed by atoms with Crippen LogP contribution in [0.2, 0.25) is 0 Å². The van der Waals surface area contributed by atoms with Crippen LogP contribution in [-0.4, -0.2) is 0 Å². The first-order chi connectivity index (χ1) is 22.4. The quantitative estimate of drug-likeness (QED) is 0.396. The average Bonchev–Trinajstić information content (AvgIpc) is 3.22. The van der Waals surface area contributed by atoms with Crippen molar-refractivity contribution >= 4 is 0 Å². The Kier molecular flexibility index (Phi) is 0.898. The van der Waals surface area contributed by atoms with E-state index in [1.807, 2.05) is 0 Å². The van der Waals surface area contributed by atoms with Crippen molar-refractivity contribution in [3.63, 3.8) is 0 Å².